The van der Waals surface area contributed by atoms with Crippen molar-refractivity contribution in [2.75, 3.05) is 13.1 Å². The first-order chi connectivity index (χ1) is 10.3. The van der Waals surface area contributed by atoms with Crippen molar-refractivity contribution in [2.24, 2.45) is 0 Å². The van der Waals surface area contributed by atoms with E-state index in [0.29, 0.717) is 11.6 Å². The number of aromatic nitrogens is 2. The Bertz CT molecular complexity index is 611. The third-order valence-corrected chi connectivity index (χ3v) is 4.93. The van der Waals surface area contributed by atoms with Gasteiger partial charge in [-0.05, 0) is 31.4 Å². The molecule has 1 fully saturated rings. The molecule has 5 heteroatoms. The topological polar surface area (TPSA) is 46.1 Å². The lowest BCUT2D eigenvalue weighted by Crippen LogP contribution is -2.39. The summed E-state index contributed by atoms with van der Waals surface area (Å²) in [4.78, 5) is 23.3. The van der Waals surface area contributed by atoms with E-state index in [-0.39, 0.29) is 5.91 Å². The molecular weight excluding hydrogens is 282 g/mol. The number of thiazole rings is 1. The fourth-order valence-electron chi connectivity index (χ4n) is 2.69. The third-order valence-electron chi connectivity index (χ3n) is 3.87. The maximum Gasteiger partial charge on any atom is 0.272 e. The van der Waals surface area contributed by atoms with Gasteiger partial charge in [-0.15, -0.1) is 11.3 Å². The van der Waals surface area contributed by atoms with Gasteiger partial charge in [0.2, 0.25) is 0 Å². The highest BCUT2D eigenvalue weighted by Gasteiger charge is 2.27. The molecule has 0 saturated carbocycles. The Morgan fingerprint density at radius 2 is 2.38 bits per heavy atom. The number of amides is 1. The number of likely N-dealkylation sites (tertiary alicyclic amines) is 1. The van der Waals surface area contributed by atoms with Gasteiger partial charge in [-0.25, -0.2) is 4.98 Å². The molecule has 0 radical (unpaired) electrons. The van der Waals surface area contributed by atoms with Crippen LogP contribution in [0, 0.1) is 0 Å². The summed E-state index contributed by atoms with van der Waals surface area (Å²) in [6.07, 6.45) is 4.79. The predicted octanol–water partition coefficient (Wildman–Crippen LogP) is 3.12. The molecule has 1 saturated heterocycles. The molecule has 3 heterocycles. The number of pyridine rings is 1. The van der Waals surface area contributed by atoms with E-state index in [9.17, 15) is 4.79 Å². The van der Waals surface area contributed by atoms with Crippen LogP contribution in [-0.2, 0) is 6.42 Å². The lowest BCUT2D eigenvalue weighted by molar-refractivity contribution is 0.0701. The van der Waals surface area contributed by atoms with Crippen LogP contribution >= 0.6 is 11.3 Å². The Labute approximate surface area is 128 Å². The number of carbonyl (C=O) groups is 1. The van der Waals surface area contributed by atoms with Gasteiger partial charge in [-0.1, -0.05) is 13.0 Å². The number of carbonyl (C=O) groups excluding carboxylic acids is 1. The van der Waals surface area contributed by atoms with Crippen LogP contribution in [-0.4, -0.2) is 33.9 Å². The van der Waals surface area contributed by atoms with Gasteiger partial charge in [0.25, 0.3) is 5.91 Å². The summed E-state index contributed by atoms with van der Waals surface area (Å²) in [5.74, 6) is 0.407. The lowest BCUT2D eigenvalue weighted by Gasteiger charge is -2.31. The highest BCUT2D eigenvalue weighted by atomic mass is 32.1. The van der Waals surface area contributed by atoms with Crippen molar-refractivity contribution < 1.29 is 4.79 Å². The molecule has 0 spiro atoms. The SMILES string of the molecule is CCc1csc(C2CCCN(C(=O)c3ccccn3)C2)n1. The van der Waals surface area contributed by atoms with Crippen molar-refractivity contribution in [1.82, 2.24) is 14.9 Å². The molecule has 2 aromatic rings. The Morgan fingerprint density at radius 3 is 3.10 bits per heavy atom. The second-order valence-electron chi connectivity index (χ2n) is 5.34. The van der Waals surface area contributed by atoms with Crippen LogP contribution in [0.5, 0.6) is 0 Å². The largest absolute Gasteiger partial charge is 0.337 e. The van der Waals surface area contributed by atoms with E-state index < -0.39 is 0 Å². The fourth-order valence-corrected chi connectivity index (χ4v) is 3.72. The van der Waals surface area contributed by atoms with E-state index in [2.05, 4.69) is 22.3 Å². The monoisotopic (exact) mass is 301 g/mol. The van der Waals surface area contributed by atoms with Gasteiger partial charge in [-0.3, -0.25) is 9.78 Å². The second-order valence-corrected chi connectivity index (χ2v) is 6.23. The highest BCUT2D eigenvalue weighted by Crippen LogP contribution is 2.29. The Balaban J connectivity index is 1.72. The zero-order valence-corrected chi connectivity index (χ0v) is 13.0. The van der Waals surface area contributed by atoms with Gasteiger partial charge in [0, 0.05) is 30.6 Å². The van der Waals surface area contributed by atoms with Gasteiger partial charge >= 0.3 is 0 Å². The lowest BCUT2D eigenvalue weighted by atomic mass is 9.98. The van der Waals surface area contributed by atoms with Crippen LogP contribution < -0.4 is 0 Å². The predicted molar refractivity (Wildman–Crippen MR) is 83.6 cm³/mol. The summed E-state index contributed by atoms with van der Waals surface area (Å²) in [7, 11) is 0. The smallest absolute Gasteiger partial charge is 0.272 e. The number of nitrogens with zero attached hydrogens (tertiary/aromatic N) is 3. The summed E-state index contributed by atoms with van der Waals surface area (Å²) in [5.41, 5.74) is 1.69. The molecule has 2 aromatic heterocycles. The zero-order chi connectivity index (χ0) is 14.7. The van der Waals surface area contributed by atoms with Crippen molar-refractivity contribution in [1.29, 1.82) is 0 Å². The van der Waals surface area contributed by atoms with Crippen LogP contribution in [0.1, 0.15) is 46.9 Å². The highest BCUT2D eigenvalue weighted by molar-refractivity contribution is 7.09. The van der Waals surface area contributed by atoms with Crippen LogP contribution in [0.2, 0.25) is 0 Å². The zero-order valence-electron chi connectivity index (χ0n) is 12.2. The molecule has 1 atom stereocenters. The maximum absolute atomic E-state index is 12.5. The molecule has 0 aromatic carbocycles. The first-order valence-electron chi connectivity index (χ1n) is 7.42. The van der Waals surface area contributed by atoms with Gasteiger partial charge in [-0.2, -0.15) is 0 Å². The Kier molecular flexibility index (Phi) is 4.29. The molecule has 4 nitrogen and oxygen atoms in total. The Morgan fingerprint density at radius 1 is 1.48 bits per heavy atom. The summed E-state index contributed by atoms with van der Waals surface area (Å²) in [5, 5.41) is 3.31. The molecule has 21 heavy (non-hydrogen) atoms. The van der Waals surface area contributed by atoms with Gasteiger partial charge in [0.05, 0.1) is 10.7 Å². The molecular formula is C16H19N3OS. The number of aryl methyl sites for hydroxylation is 1. The molecule has 1 amide bonds. The number of hydrogen-bond acceptors (Lipinski definition) is 4. The summed E-state index contributed by atoms with van der Waals surface area (Å²) < 4.78 is 0. The van der Waals surface area contributed by atoms with Crippen molar-refractivity contribution >= 4 is 17.2 Å². The van der Waals surface area contributed by atoms with Crippen molar-refractivity contribution in [3.63, 3.8) is 0 Å². The minimum Gasteiger partial charge on any atom is -0.337 e. The Hall–Kier alpha value is -1.75. The van der Waals surface area contributed by atoms with Crippen molar-refractivity contribution in [3.05, 3.63) is 46.2 Å². The van der Waals surface area contributed by atoms with Crippen LogP contribution in [0.3, 0.4) is 0 Å². The van der Waals surface area contributed by atoms with Crippen molar-refractivity contribution in [3.8, 4) is 0 Å². The molecule has 0 bridgehead atoms. The molecule has 0 N–H and O–H groups in total. The number of piperidine rings is 1. The molecule has 1 aliphatic heterocycles. The molecule has 0 aliphatic carbocycles. The van der Waals surface area contributed by atoms with Crippen LogP contribution in [0.4, 0.5) is 0 Å². The normalized spacial score (nSPS) is 18.7. The number of hydrogen-bond donors (Lipinski definition) is 0. The molecule has 110 valence electrons. The molecule has 3 rings (SSSR count). The fraction of sp³-hybridized carbons (Fsp3) is 0.438. The van der Waals surface area contributed by atoms with Crippen LogP contribution in [0.25, 0.3) is 0 Å². The third kappa shape index (κ3) is 3.13. The standard InChI is InChI=1S/C16H19N3OS/c1-2-13-11-21-15(18-13)12-6-5-9-19(10-12)16(20)14-7-3-4-8-17-14/h3-4,7-8,11-12H,2,5-6,9-10H2,1H3. The van der Waals surface area contributed by atoms with E-state index in [1.165, 1.54) is 5.01 Å². The summed E-state index contributed by atoms with van der Waals surface area (Å²) in [6.45, 7) is 3.70. The van der Waals surface area contributed by atoms with Gasteiger partial charge < -0.3 is 4.90 Å². The van der Waals surface area contributed by atoms with Crippen LogP contribution in [0.15, 0.2) is 29.8 Å². The van der Waals surface area contributed by atoms with Gasteiger partial charge in [0.15, 0.2) is 0 Å². The summed E-state index contributed by atoms with van der Waals surface area (Å²) >= 11 is 1.73. The van der Waals surface area contributed by atoms with E-state index in [0.717, 1.165) is 38.0 Å². The first kappa shape index (κ1) is 14.2. The average Bonchev–Trinajstić information content (AvgIpc) is 3.04. The van der Waals surface area contributed by atoms with E-state index in [1.54, 1.807) is 23.6 Å². The summed E-state index contributed by atoms with van der Waals surface area (Å²) in [6, 6.07) is 5.47. The molecule has 1 unspecified atom stereocenters. The number of rotatable bonds is 3. The average molecular weight is 301 g/mol. The quantitative estimate of drug-likeness (QED) is 0.875. The van der Waals surface area contributed by atoms with Crippen molar-refractivity contribution in [2.45, 2.75) is 32.1 Å². The van der Waals surface area contributed by atoms with Gasteiger partial charge in [0.1, 0.15) is 5.69 Å². The molecule has 1 aliphatic rings. The second kappa shape index (κ2) is 6.35. The minimum atomic E-state index is 0.0348. The van der Waals surface area contributed by atoms with E-state index >= 15 is 0 Å². The maximum atomic E-state index is 12.5. The van der Waals surface area contributed by atoms with E-state index in [4.69, 9.17) is 0 Å². The first-order valence-corrected chi connectivity index (χ1v) is 8.30. The minimum absolute atomic E-state index is 0.0348. The van der Waals surface area contributed by atoms with E-state index in [1.807, 2.05) is 17.0 Å².